The summed E-state index contributed by atoms with van der Waals surface area (Å²) in [6.45, 7) is 5.83. The second-order valence-corrected chi connectivity index (χ2v) is 11.6. The first-order valence-corrected chi connectivity index (χ1v) is 16.4. The summed E-state index contributed by atoms with van der Waals surface area (Å²) in [5, 5.41) is 20.3. The van der Waals surface area contributed by atoms with Crippen LogP contribution in [0.1, 0.15) is 200 Å². The monoisotopic (exact) mass is 496 g/mol. The van der Waals surface area contributed by atoms with Crippen molar-refractivity contribution in [2.24, 2.45) is 0 Å². The van der Waals surface area contributed by atoms with Gasteiger partial charge in [0.15, 0.2) is 0 Å². The van der Waals surface area contributed by atoms with Crippen LogP contribution < -0.4 is 0 Å². The molecule has 0 atom stereocenters. The maximum absolute atomic E-state index is 11.3. The molecular weight excluding hydrogens is 428 g/mol. The van der Waals surface area contributed by atoms with Gasteiger partial charge in [-0.3, -0.25) is 0 Å². The van der Waals surface area contributed by atoms with Crippen molar-refractivity contribution in [2.45, 2.75) is 206 Å². The van der Waals surface area contributed by atoms with Crippen molar-refractivity contribution in [1.82, 2.24) is 0 Å². The minimum absolute atomic E-state index is 0.500. The lowest BCUT2D eigenvalue weighted by atomic mass is 9.85. The Morgan fingerprint density at radius 3 is 0.943 bits per heavy atom. The molecule has 0 aliphatic carbocycles. The second kappa shape index (κ2) is 28.5. The minimum atomic E-state index is -0.500. The molecule has 0 aromatic heterocycles. The van der Waals surface area contributed by atoms with Gasteiger partial charge >= 0.3 is 0 Å². The molecule has 0 aromatic carbocycles. The van der Waals surface area contributed by atoms with Crippen LogP contribution in [0, 0.1) is 6.61 Å². The van der Waals surface area contributed by atoms with Gasteiger partial charge in [-0.1, -0.05) is 168 Å². The standard InChI is InChI=1S/C33H67O2/c1-3-5-7-9-11-13-15-17-19-21-23-25-29-33(35,31-27-28-32-34)30-26-24-22-20-18-16-14-12-10-8-6-4-2/h32,34-35H,3-31H2,1-2H3. The quantitative estimate of drug-likeness (QED) is 0.0972. The Morgan fingerprint density at radius 2 is 0.657 bits per heavy atom. The molecule has 0 heterocycles. The van der Waals surface area contributed by atoms with Crippen LogP contribution in [0.25, 0.3) is 0 Å². The Hall–Kier alpha value is -0.0800. The van der Waals surface area contributed by atoms with E-state index in [0.29, 0.717) is 6.42 Å². The number of rotatable bonds is 30. The maximum atomic E-state index is 11.3. The fraction of sp³-hybridized carbons (Fsp3) is 0.970. The van der Waals surface area contributed by atoms with Gasteiger partial charge in [-0.05, 0) is 32.1 Å². The number of hydrogen-bond donors (Lipinski definition) is 2. The van der Waals surface area contributed by atoms with Crippen molar-refractivity contribution in [2.75, 3.05) is 0 Å². The third-order valence-electron chi connectivity index (χ3n) is 7.97. The van der Waals surface area contributed by atoms with E-state index in [1.54, 1.807) is 0 Å². The fourth-order valence-electron chi connectivity index (χ4n) is 5.49. The highest BCUT2D eigenvalue weighted by molar-refractivity contribution is 4.79. The van der Waals surface area contributed by atoms with Crippen LogP contribution in [0.5, 0.6) is 0 Å². The molecule has 211 valence electrons. The van der Waals surface area contributed by atoms with E-state index in [-0.39, 0.29) is 0 Å². The molecule has 0 rings (SSSR count). The molecule has 2 nitrogen and oxygen atoms in total. The van der Waals surface area contributed by atoms with Gasteiger partial charge in [0, 0.05) is 0 Å². The normalized spacial score (nSPS) is 12.0. The number of unbranched alkanes of at least 4 members (excludes halogenated alkanes) is 23. The van der Waals surface area contributed by atoms with Crippen molar-refractivity contribution < 1.29 is 10.2 Å². The van der Waals surface area contributed by atoms with Gasteiger partial charge in [-0.15, -0.1) is 0 Å². The van der Waals surface area contributed by atoms with Crippen LogP contribution in [0.3, 0.4) is 0 Å². The predicted octanol–water partition coefficient (Wildman–Crippen LogP) is 11.6. The van der Waals surface area contributed by atoms with E-state index >= 15 is 0 Å². The third kappa shape index (κ3) is 26.8. The Kier molecular flexibility index (Phi) is 28.4. The van der Waals surface area contributed by atoms with Crippen LogP contribution in [-0.2, 0) is 0 Å². The van der Waals surface area contributed by atoms with Crippen molar-refractivity contribution in [1.29, 1.82) is 0 Å². The van der Waals surface area contributed by atoms with E-state index in [0.717, 1.165) is 38.5 Å². The van der Waals surface area contributed by atoms with Gasteiger partial charge in [0.2, 0.25) is 0 Å². The smallest absolute Gasteiger partial charge is 0.0799 e. The molecule has 0 spiro atoms. The van der Waals surface area contributed by atoms with Crippen molar-refractivity contribution in [3.05, 3.63) is 6.61 Å². The number of aliphatic hydroxyl groups excluding tert-OH is 1. The topological polar surface area (TPSA) is 40.5 Å². The summed E-state index contributed by atoms with van der Waals surface area (Å²) in [6, 6.07) is 0. The molecular formula is C33H67O2. The Morgan fingerprint density at radius 1 is 0.400 bits per heavy atom. The van der Waals surface area contributed by atoms with E-state index in [4.69, 9.17) is 5.11 Å². The van der Waals surface area contributed by atoms with Crippen LogP contribution in [-0.4, -0.2) is 15.8 Å². The van der Waals surface area contributed by atoms with Gasteiger partial charge in [0.1, 0.15) is 0 Å². The lowest BCUT2D eigenvalue weighted by molar-refractivity contribution is 0.00710. The van der Waals surface area contributed by atoms with E-state index in [9.17, 15) is 5.11 Å². The summed E-state index contributed by atoms with van der Waals surface area (Å²) >= 11 is 0. The summed E-state index contributed by atoms with van der Waals surface area (Å²) in [5.41, 5.74) is -0.500. The molecule has 0 saturated carbocycles. The number of aliphatic hydroxyl groups is 2. The largest absolute Gasteiger partial charge is 0.390 e. The molecule has 2 heteroatoms. The summed E-state index contributed by atoms with van der Waals surface area (Å²) in [7, 11) is 0. The fourth-order valence-corrected chi connectivity index (χ4v) is 5.49. The highest BCUT2D eigenvalue weighted by Gasteiger charge is 2.25. The van der Waals surface area contributed by atoms with Crippen molar-refractivity contribution in [3.63, 3.8) is 0 Å². The summed E-state index contributed by atoms with van der Waals surface area (Å²) < 4.78 is 0. The van der Waals surface area contributed by atoms with E-state index in [1.807, 2.05) is 0 Å². The molecule has 35 heavy (non-hydrogen) atoms. The Labute approximate surface area is 222 Å². The van der Waals surface area contributed by atoms with Crippen LogP contribution >= 0.6 is 0 Å². The molecule has 0 saturated heterocycles. The van der Waals surface area contributed by atoms with Crippen LogP contribution in [0.2, 0.25) is 0 Å². The minimum Gasteiger partial charge on any atom is -0.390 e. The van der Waals surface area contributed by atoms with E-state index in [2.05, 4.69) is 13.8 Å². The van der Waals surface area contributed by atoms with Gasteiger partial charge in [0.05, 0.1) is 12.2 Å². The van der Waals surface area contributed by atoms with E-state index in [1.165, 1.54) is 148 Å². The molecule has 0 aliphatic rings. The van der Waals surface area contributed by atoms with Gasteiger partial charge in [-0.2, -0.15) is 0 Å². The van der Waals surface area contributed by atoms with Crippen LogP contribution in [0.4, 0.5) is 0 Å². The lowest BCUT2D eigenvalue weighted by Crippen LogP contribution is -2.28. The zero-order valence-electron chi connectivity index (χ0n) is 24.5. The predicted molar refractivity (Wildman–Crippen MR) is 156 cm³/mol. The van der Waals surface area contributed by atoms with Crippen molar-refractivity contribution >= 4 is 0 Å². The first-order chi connectivity index (χ1) is 17.2. The zero-order valence-corrected chi connectivity index (χ0v) is 24.5. The molecule has 2 N–H and O–H groups in total. The third-order valence-corrected chi connectivity index (χ3v) is 7.97. The molecule has 1 radical (unpaired) electrons. The first kappa shape index (κ1) is 34.9. The molecule has 0 fully saturated rings. The SMILES string of the molecule is CCCCCCCCCCCCCCC(O)(CCC[CH]O)CCCCCCCCCCCCCC. The second-order valence-electron chi connectivity index (χ2n) is 11.6. The molecule has 0 bridgehead atoms. The number of hydrogen-bond acceptors (Lipinski definition) is 2. The van der Waals surface area contributed by atoms with Gasteiger partial charge in [0.25, 0.3) is 0 Å². The van der Waals surface area contributed by atoms with Gasteiger partial charge < -0.3 is 10.2 Å². The zero-order chi connectivity index (χ0) is 25.7. The summed E-state index contributed by atoms with van der Waals surface area (Å²) in [4.78, 5) is 0. The summed E-state index contributed by atoms with van der Waals surface area (Å²) in [6.07, 6.45) is 37.1. The molecule has 0 aliphatic heterocycles. The van der Waals surface area contributed by atoms with Gasteiger partial charge in [-0.25, -0.2) is 0 Å². The van der Waals surface area contributed by atoms with Crippen LogP contribution in [0.15, 0.2) is 0 Å². The lowest BCUT2D eigenvalue weighted by Gasteiger charge is -2.28. The Bertz CT molecular complexity index is 353. The average molecular weight is 496 g/mol. The highest BCUT2D eigenvalue weighted by atomic mass is 16.3. The first-order valence-electron chi connectivity index (χ1n) is 16.4. The highest BCUT2D eigenvalue weighted by Crippen LogP contribution is 2.29. The molecule has 0 aromatic rings. The molecule has 0 amide bonds. The van der Waals surface area contributed by atoms with E-state index < -0.39 is 5.60 Å². The van der Waals surface area contributed by atoms with Crippen molar-refractivity contribution in [3.8, 4) is 0 Å². The molecule has 0 unspecified atom stereocenters. The summed E-state index contributed by atoms with van der Waals surface area (Å²) in [5.74, 6) is 0. The Balaban J connectivity index is 3.76. The maximum Gasteiger partial charge on any atom is 0.0799 e. The average Bonchev–Trinajstić information content (AvgIpc) is 2.85.